The van der Waals surface area contributed by atoms with Crippen molar-refractivity contribution in [2.45, 2.75) is 25.8 Å². The van der Waals surface area contributed by atoms with Crippen molar-refractivity contribution in [2.24, 2.45) is 0 Å². The van der Waals surface area contributed by atoms with E-state index < -0.39 is 0 Å². The maximum Gasteiger partial charge on any atom is 0.254 e. The summed E-state index contributed by atoms with van der Waals surface area (Å²) >= 11 is 0. The lowest BCUT2D eigenvalue weighted by Gasteiger charge is -2.33. The molecule has 3 rings (SSSR count). The van der Waals surface area contributed by atoms with Crippen molar-refractivity contribution >= 4 is 11.6 Å². The second-order valence-corrected chi connectivity index (χ2v) is 5.67. The number of carbonyl (C=O) groups is 1. The molecule has 2 heterocycles. The monoisotopic (exact) mass is 284 g/mol. The Morgan fingerprint density at radius 3 is 3.00 bits per heavy atom. The topological polar surface area (TPSA) is 64.2 Å². The van der Waals surface area contributed by atoms with Gasteiger partial charge in [-0.15, -0.1) is 0 Å². The van der Waals surface area contributed by atoms with Gasteiger partial charge in [-0.25, -0.2) is 0 Å². The Bertz CT molecular complexity index is 649. The molecular formula is C16H20N4O. The zero-order valence-electron chi connectivity index (χ0n) is 12.2. The van der Waals surface area contributed by atoms with Crippen molar-refractivity contribution in [1.29, 1.82) is 0 Å². The lowest BCUT2D eigenvalue weighted by Crippen LogP contribution is -2.40. The minimum Gasteiger partial charge on any atom is -0.399 e. The van der Waals surface area contributed by atoms with Crippen molar-refractivity contribution in [3.8, 4) is 0 Å². The van der Waals surface area contributed by atoms with Crippen LogP contribution in [0.5, 0.6) is 0 Å². The number of nitrogens with zero attached hydrogens (tertiary/aromatic N) is 3. The molecule has 1 atom stereocenters. The van der Waals surface area contributed by atoms with Gasteiger partial charge < -0.3 is 10.6 Å². The average molecular weight is 284 g/mol. The lowest BCUT2D eigenvalue weighted by molar-refractivity contribution is 0.0673. The van der Waals surface area contributed by atoms with Gasteiger partial charge in [-0.3, -0.25) is 9.48 Å². The van der Waals surface area contributed by atoms with Crippen molar-refractivity contribution in [3.63, 3.8) is 0 Å². The summed E-state index contributed by atoms with van der Waals surface area (Å²) in [6.07, 6.45) is 5.96. The lowest BCUT2D eigenvalue weighted by atomic mass is 10.0. The van der Waals surface area contributed by atoms with Gasteiger partial charge in [-0.2, -0.15) is 5.10 Å². The molecule has 0 radical (unpaired) electrons. The van der Waals surface area contributed by atoms with Crippen LogP contribution < -0.4 is 5.73 Å². The van der Waals surface area contributed by atoms with Crippen molar-refractivity contribution < 1.29 is 4.79 Å². The highest BCUT2D eigenvalue weighted by molar-refractivity contribution is 5.95. The molecule has 1 saturated heterocycles. The van der Waals surface area contributed by atoms with Gasteiger partial charge in [0, 0.05) is 30.5 Å². The zero-order valence-corrected chi connectivity index (χ0v) is 12.2. The number of aryl methyl sites for hydroxylation is 1. The third-order valence-electron chi connectivity index (χ3n) is 3.92. The Kier molecular flexibility index (Phi) is 3.64. The van der Waals surface area contributed by atoms with Crippen LogP contribution in [-0.4, -0.2) is 33.7 Å². The standard InChI is InChI=1S/C16H20N4O/c1-12-9-18-20(10-12)15-6-3-7-19(11-15)16(21)13-4-2-5-14(17)8-13/h2,4-5,8-10,15H,3,6-7,11,17H2,1H3. The first-order valence-electron chi connectivity index (χ1n) is 7.29. The summed E-state index contributed by atoms with van der Waals surface area (Å²) in [4.78, 5) is 14.5. The van der Waals surface area contributed by atoms with E-state index in [2.05, 4.69) is 5.10 Å². The van der Waals surface area contributed by atoms with Crippen LogP contribution in [0.3, 0.4) is 0 Å². The molecule has 0 bridgehead atoms. The summed E-state index contributed by atoms with van der Waals surface area (Å²) in [6.45, 7) is 3.53. The highest BCUT2D eigenvalue weighted by Gasteiger charge is 2.25. The molecule has 110 valence electrons. The van der Waals surface area contributed by atoms with E-state index >= 15 is 0 Å². The molecule has 2 aromatic rings. The van der Waals surface area contributed by atoms with E-state index in [4.69, 9.17) is 5.73 Å². The van der Waals surface area contributed by atoms with E-state index in [-0.39, 0.29) is 11.9 Å². The van der Waals surface area contributed by atoms with E-state index in [1.54, 1.807) is 12.1 Å². The predicted molar refractivity (Wildman–Crippen MR) is 82.0 cm³/mol. The van der Waals surface area contributed by atoms with E-state index in [0.29, 0.717) is 17.8 Å². The van der Waals surface area contributed by atoms with Gasteiger partial charge in [0.25, 0.3) is 5.91 Å². The quantitative estimate of drug-likeness (QED) is 0.860. The molecule has 5 heteroatoms. The van der Waals surface area contributed by atoms with Crippen molar-refractivity contribution in [2.75, 3.05) is 18.8 Å². The summed E-state index contributed by atoms with van der Waals surface area (Å²) in [6, 6.07) is 7.44. The molecule has 21 heavy (non-hydrogen) atoms. The molecule has 5 nitrogen and oxygen atoms in total. The molecule has 1 aliphatic heterocycles. The van der Waals surface area contributed by atoms with Crippen LogP contribution in [0.4, 0.5) is 5.69 Å². The molecule has 1 aromatic heterocycles. The number of hydrogen-bond donors (Lipinski definition) is 1. The number of hydrogen-bond acceptors (Lipinski definition) is 3. The summed E-state index contributed by atoms with van der Waals surface area (Å²) in [5, 5.41) is 4.38. The minimum atomic E-state index is 0.0517. The first kappa shape index (κ1) is 13.7. The smallest absolute Gasteiger partial charge is 0.254 e. The van der Waals surface area contributed by atoms with Crippen LogP contribution in [0.2, 0.25) is 0 Å². The van der Waals surface area contributed by atoms with Gasteiger partial charge in [-0.1, -0.05) is 6.07 Å². The number of carbonyl (C=O) groups excluding carboxylic acids is 1. The fourth-order valence-electron chi connectivity index (χ4n) is 2.84. The minimum absolute atomic E-state index is 0.0517. The summed E-state index contributed by atoms with van der Waals surface area (Å²) in [5.74, 6) is 0.0517. The number of piperidine rings is 1. The molecule has 0 saturated carbocycles. The molecule has 1 unspecified atom stereocenters. The Morgan fingerprint density at radius 2 is 2.29 bits per heavy atom. The highest BCUT2D eigenvalue weighted by atomic mass is 16.2. The molecule has 1 aromatic carbocycles. The van der Waals surface area contributed by atoms with Crippen molar-refractivity contribution in [3.05, 3.63) is 47.8 Å². The van der Waals surface area contributed by atoms with Crippen LogP contribution in [0, 0.1) is 6.92 Å². The Morgan fingerprint density at radius 1 is 1.43 bits per heavy atom. The number of rotatable bonds is 2. The molecule has 1 aliphatic rings. The van der Waals surface area contributed by atoms with E-state index in [1.165, 1.54) is 0 Å². The van der Waals surface area contributed by atoms with Crippen LogP contribution in [0.1, 0.15) is 34.8 Å². The Hall–Kier alpha value is -2.30. The molecule has 0 spiro atoms. The predicted octanol–water partition coefficient (Wildman–Crippen LogP) is 2.25. The highest BCUT2D eigenvalue weighted by Crippen LogP contribution is 2.23. The first-order valence-corrected chi connectivity index (χ1v) is 7.29. The van der Waals surface area contributed by atoms with Crippen LogP contribution in [-0.2, 0) is 0 Å². The van der Waals surface area contributed by atoms with Crippen LogP contribution in [0.15, 0.2) is 36.7 Å². The maximum absolute atomic E-state index is 12.6. The fourth-order valence-corrected chi connectivity index (χ4v) is 2.84. The normalized spacial score (nSPS) is 18.7. The number of nitrogen functional groups attached to an aromatic ring is 1. The molecule has 2 N–H and O–H groups in total. The van der Waals surface area contributed by atoms with Gasteiger partial charge in [-0.05, 0) is 43.5 Å². The third-order valence-corrected chi connectivity index (χ3v) is 3.92. The number of amides is 1. The number of aromatic nitrogens is 2. The molecule has 1 fully saturated rings. The summed E-state index contributed by atoms with van der Waals surface area (Å²) in [7, 11) is 0. The average Bonchev–Trinajstić information content (AvgIpc) is 2.93. The number of nitrogens with two attached hydrogens (primary N) is 1. The Balaban J connectivity index is 1.75. The van der Waals surface area contributed by atoms with E-state index in [9.17, 15) is 4.79 Å². The first-order chi connectivity index (χ1) is 10.1. The zero-order chi connectivity index (χ0) is 14.8. The number of benzene rings is 1. The maximum atomic E-state index is 12.6. The SMILES string of the molecule is Cc1cnn(C2CCCN(C(=O)c3cccc(N)c3)C2)c1. The van der Waals surface area contributed by atoms with E-state index in [1.807, 2.05) is 41.0 Å². The fraction of sp³-hybridized carbons (Fsp3) is 0.375. The molecule has 0 aliphatic carbocycles. The van der Waals surface area contributed by atoms with Gasteiger partial charge in [0.2, 0.25) is 0 Å². The van der Waals surface area contributed by atoms with Gasteiger partial charge in [0.05, 0.1) is 12.2 Å². The van der Waals surface area contributed by atoms with Gasteiger partial charge in [0.1, 0.15) is 0 Å². The van der Waals surface area contributed by atoms with E-state index in [0.717, 1.165) is 24.9 Å². The van der Waals surface area contributed by atoms with Gasteiger partial charge >= 0.3 is 0 Å². The Labute approximate surface area is 124 Å². The van der Waals surface area contributed by atoms with Crippen LogP contribution >= 0.6 is 0 Å². The van der Waals surface area contributed by atoms with Gasteiger partial charge in [0.15, 0.2) is 0 Å². The summed E-state index contributed by atoms with van der Waals surface area (Å²) < 4.78 is 1.98. The molecular weight excluding hydrogens is 264 g/mol. The second kappa shape index (κ2) is 5.60. The number of likely N-dealkylation sites (tertiary alicyclic amines) is 1. The second-order valence-electron chi connectivity index (χ2n) is 5.67. The summed E-state index contributed by atoms with van der Waals surface area (Å²) in [5.41, 5.74) is 8.19. The van der Waals surface area contributed by atoms with Crippen molar-refractivity contribution in [1.82, 2.24) is 14.7 Å². The molecule has 1 amide bonds. The van der Waals surface area contributed by atoms with Crippen LogP contribution in [0.25, 0.3) is 0 Å². The number of anilines is 1. The third kappa shape index (κ3) is 2.91. The largest absolute Gasteiger partial charge is 0.399 e.